The molecule has 3 N–H and O–H groups in total. The largest absolute Gasteiger partial charge is 0.392 e. The standard InChI is InChI=1S/C11H21NO2/c12-8-11(4-1-2-5-11)10(13)9-3-6-14-7-9/h9-10,13H,1-8,12H2. The van der Waals surface area contributed by atoms with E-state index in [4.69, 9.17) is 10.5 Å². The van der Waals surface area contributed by atoms with Crippen LogP contribution < -0.4 is 5.73 Å². The minimum atomic E-state index is -0.238. The molecule has 1 aliphatic heterocycles. The molecule has 1 saturated heterocycles. The Morgan fingerprint density at radius 3 is 2.64 bits per heavy atom. The molecule has 0 aromatic rings. The Balaban J connectivity index is 2.02. The summed E-state index contributed by atoms with van der Waals surface area (Å²) in [5.41, 5.74) is 5.85. The molecule has 3 nitrogen and oxygen atoms in total. The minimum Gasteiger partial charge on any atom is -0.392 e. The summed E-state index contributed by atoms with van der Waals surface area (Å²) in [6.07, 6.45) is 5.41. The molecule has 0 bridgehead atoms. The normalized spacial score (nSPS) is 33.4. The Hall–Kier alpha value is -0.120. The van der Waals surface area contributed by atoms with Gasteiger partial charge in [0.15, 0.2) is 0 Å². The first kappa shape index (κ1) is 10.4. The molecule has 0 spiro atoms. The molecule has 3 heteroatoms. The monoisotopic (exact) mass is 199 g/mol. The van der Waals surface area contributed by atoms with Gasteiger partial charge >= 0.3 is 0 Å². The molecule has 2 fully saturated rings. The zero-order chi connectivity index (χ0) is 10.0. The van der Waals surface area contributed by atoms with Gasteiger partial charge in [-0.05, 0) is 19.3 Å². The third-order valence-electron chi connectivity index (χ3n) is 4.04. The van der Waals surface area contributed by atoms with E-state index in [-0.39, 0.29) is 11.5 Å². The van der Waals surface area contributed by atoms with Crippen LogP contribution in [0.2, 0.25) is 0 Å². The first-order chi connectivity index (χ1) is 6.78. The number of nitrogens with two attached hydrogens (primary N) is 1. The van der Waals surface area contributed by atoms with Crippen molar-refractivity contribution in [1.29, 1.82) is 0 Å². The summed E-state index contributed by atoms with van der Waals surface area (Å²) < 4.78 is 5.33. The van der Waals surface area contributed by atoms with Crippen LogP contribution in [0, 0.1) is 11.3 Å². The van der Waals surface area contributed by atoms with Crippen molar-refractivity contribution in [3.63, 3.8) is 0 Å². The summed E-state index contributed by atoms with van der Waals surface area (Å²) in [7, 11) is 0. The zero-order valence-corrected chi connectivity index (χ0v) is 8.74. The van der Waals surface area contributed by atoms with Gasteiger partial charge in [0.25, 0.3) is 0 Å². The fourth-order valence-corrected chi connectivity index (χ4v) is 3.00. The lowest BCUT2D eigenvalue weighted by Gasteiger charge is -2.36. The van der Waals surface area contributed by atoms with Crippen molar-refractivity contribution in [2.75, 3.05) is 19.8 Å². The molecule has 14 heavy (non-hydrogen) atoms. The van der Waals surface area contributed by atoms with Crippen LogP contribution in [0.5, 0.6) is 0 Å². The molecule has 82 valence electrons. The maximum atomic E-state index is 10.3. The Morgan fingerprint density at radius 2 is 2.14 bits per heavy atom. The van der Waals surface area contributed by atoms with Crippen LogP contribution in [0.3, 0.4) is 0 Å². The average Bonchev–Trinajstić information content (AvgIpc) is 2.89. The van der Waals surface area contributed by atoms with Crippen LogP contribution in [-0.4, -0.2) is 31.0 Å². The van der Waals surface area contributed by atoms with Gasteiger partial charge < -0.3 is 15.6 Å². The SMILES string of the molecule is NCC1(C(O)C2CCOC2)CCCC1. The third kappa shape index (κ3) is 1.69. The summed E-state index contributed by atoms with van der Waals surface area (Å²) in [5.74, 6) is 0.330. The highest BCUT2D eigenvalue weighted by Gasteiger charge is 2.43. The number of aliphatic hydroxyl groups excluding tert-OH is 1. The summed E-state index contributed by atoms with van der Waals surface area (Å²) in [6, 6.07) is 0. The number of ether oxygens (including phenoxy) is 1. The van der Waals surface area contributed by atoms with Crippen LogP contribution in [0.1, 0.15) is 32.1 Å². The van der Waals surface area contributed by atoms with Gasteiger partial charge in [-0.15, -0.1) is 0 Å². The van der Waals surface area contributed by atoms with E-state index >= 15 is 0 Å². The number of aliphatic hydroxyl groups is 1. The highest BCUT2D eigenvalue weighted by molar-refractivity contribution is 4.95. The maximum absolute atomic E-state index is 10.3. The molecular formula is C11H21NO2. The van der Waals surface area contributed by atoms with E-state index < -0.39 is 0 Å². The molecule has 2 aliphatic rings. The molecule has 0 aromatic heterocycles. The van der Waals surface area contributed by atoms with Crippen LogP contribution in [-0.2, 0) is 4.74 Å². The Kier molecular flexibility index (Phi) is 3.10. The first-order valence-electron chi connectivity index (χ1n) is 5.74. The average molecular weight is 199 g/mol. The quantitative estimate of drug-likeness (QED) is 0.710. The molecule has 2 unspecified atom stereocenters. The van der Waals surface area contributed by atoms with Crippen molar-refractivity contribution in [1.82, 2.24) is 0 Å². The van der Waals surface area contributed by atoms with E-state index in [0.717, 1.165) is 32.5 Å². The number of rotatable bonds is 3. The van der Waals surface area contributed by atoms with E-state index in [1.54, 1.807) is 0 Å². The van der Waals surface area contributed by atoms with E-state index in [1.807, 2.05) is 0 Å². The third-order valence-corrected chi connectivity index (χ3v) is 4.04. The molecule has 1 aliphatic carbocycles. The van der Waals surface area contributed by atoms with E-state index in [2.05, 4.69) is 0 Å². The number of hydrogen-bond acceptors (Lipinski definition) is 3. The van der Waals surface area contributed by atoms with Crippen molar-refractivity contribution < 1.29 is 9.84 Å². The Bertz CT molecular complexity index is 184. The van der Waals surface area contributed by atoms with Crippen molar-refractivity contribution in [2.45, 2.75) is 38.2 Å². The molecule has 2 rings (SSSR count). The van der Waals surface area contributed by atoms with Crippen LogP contribution in [0.4, 0.5) is 0 Å². The van der Waals surface area contributed by atoms with Gasteiger partial charge in [0, 0.05) is 24.5 Å². The van der Waals surface area contributed by atoms with Gasteiger partial charge in [0.1, 0.15) is 0 Å². The first-order valence-corrected chi connectivity index (χ1v) is 5.74. The van der Waals surface area contributed by atoms with Crippen molar-refractivity contribution in [3.8, 4) is 0 Å². The van der Waals surface area contributed by atoms with E-state index in [0.29, 0.717) is 12.5 Å². The number of hydrogen-bond donors (Lipinski definition) is 2. The lowest BCUT2D eigenvalue weighted by molar-refractivity contribution is -0.0141. The zero-order valence-electron chi connectivity index (χ0n) is 8.74. The summed E-state index contributed by atoms with van der Waals surface area (Å²) in [6.45, 7) is 2.16. The predicted molar refractivity (Wildman–Crippen MR) is 54.9 cm³/mol. The molecule has 2 atom stereocenters. The van der Waals surface area contributed by atoms with Crippen molar-refractivity contribution >= 4 is 0 Å². The van der Waals surface area contributed by atoms with Crippen molar-refractivity contribution in [3.05, 3.63) is 0 Å². The minimum absolute atomic E-state index is 0.0123. The molecule has 0 radical (unpaired) electrons. The summed E-state index contributed by atoms with van der Waals surface area (Å²) in [5, 5.41) is 10.3. The molecule has 0 amide bonds. The van der Waals surface area contributed by atoms with E-state index in [1.165, 1.54) is 12.8 Å². The topological polar surface area (TPSA) is 55.5 Å². The summed E-state index contributed by atoms with van der Waals surface area (Å²) in [4.78, 5) is 0. The fourth-order valence-electron chi connectivity index (χ4n) is 3.00. The summed E-state index contributed by atoms with van der Waals surface area (Å²) >= 11 is 0. The fraction of sp³-hybridized carbons (Fsp3) is 1.00. The van der Waals surface area contributed by atoms with Gasteiger partial charge in [-0.3, -0.25) is 0 Å². The highest BCUT2D eigenvalue weighted by atomic mass is 16.5. The van der Waals surface area contributed by atoms with Crippen molar-refractivity contribution in [2.24, 2.45) is 17.1 Å². The van der Waals surface area contributed by atoms with Crippen LogP contribution in [0.25, 0.3) is 0 Å². The highest BCUT2D eigenvalue weighted by Crippen LogP contribution is 2.43. The van der Waals surface area contributed by atoms with Gasteiger partial charge in [-0.25, -0.2) is 0 Å². The Morgan fingerprint density at radius 1 is 1.43 bits per heavy atom. The lowest BCUT2D eigenvalue weighted by atomic mass is 9.74. The van der Waals surface area contributed by atoms with E-state index in [9.17, 15) is 5.11 Å². The molecule has 0 aromatic carbocycles. The second-order valence-corrected chi connectivity index (χ2v) is 4.84. The van der Waals surface area contributed by atoms with Crippen LogP contribution in [0.15, 0.2) is 0 Å². The van der Waals surface area contributed by atoms with Crippen LogP contribution >= 0.6 is 0 Å². The van der Waals surface area contributed by atoms with Gasteiger partial charge in [-0.1, -0.05) is 12.8 Å². The van der Waals surface area contributed by atoms with Gasteiger partial charge in [-0.2, -0.15) is 0 Å². The molecule has 1 saturated carbocycles. The Labute approximate surface area is 85.6 Å². The second kappa shape index (κ2) is 4.17. The smallest absolute Gasteiger partial charge is 0.0659 e. The van der Waals surface area contributed by atoms with Gasteiger partial charge in [0.2, 0.25) is 0 Å². The molecular weight excluding hydrogens is 178 g/mol. The lowest BCUT2D eigenvalue weighted by Crippen LogP contribution is -2.44. The second-order valence-electron chi connectivity index (χ2n) is 4.84. The predicted octanol–water partition coefficient (Wildman–Crippen LogP) is 0.903. The maximum Gasteiger partial charge on any atom is 0.0659 e. The van der Waals surface area contributed by atoms with Gasteiger partial charge in [0.05, 0.1) is 12.7 Å². The molecule has 1 heterocycles.